The topological polar surface area (TPSA) is 27.6 Å². The van der Waals surface area contributed by atoms with Crippen LogP contribution in [0.4, 0.5) is 0 Å². The van der Waals surface area contributed by atoms with Crippen molar-refractivity contribution in [3.05, 3.63) is 10.7 Å². The molecule has 1 saturated heterocycles. The second-order valence-corrected chi connectivity index (χ2v) is 5.12. The minimum absolute atomic E-state index is 0.101. The van der Waals surface area contributed by atoms with E-state index < -0.39 is 0 Å². The molecule has 0 spiro atoms. The Morgan fingerprint density at radius 1 is 1.44 bits per heavy atom. The third-order valence-electron chi connectivity index (χ3n) is 3.03. The van der Waals surface area contributed by atoms with E-state index >= 15 is 0 Å². The van der Waals surface area contributed by atoms with Crippen LogP contribution in [-0.4, -0.2) is 48.7 Å². The molecule has 16 heavy (non-hydrogen) atoms. The van der Waals surface area contributed by atoms with Crippen molar-refractivity contribution in [3.8, 4) is 0 Å². The van der Waals surface area contributed by atoms with Crippen molar-refractivity contribution in [2.45, 2.75) is 24.8 Å². The lowest BCUT2D eigenvalue weighted by Gasteiger charge is -2.32. The monoisotopic (exact) mass is 261 g/mol. The SMILES string of the molecule is CC1N=CC(Cl)=C(N2CCCNCC2)C1Cl. The fourth-order valence-electron chi connectivity index (χ4n) is 2.10. The van der Waals surface area contributed by atoms with Gasteiger partial charge in [0.15, 0.2) is 0 Å². The molecule has 5 heteroatoms. The smallest absolute Gasteiger partial charge is 0.0969 e. The molecule has 2 unspecified atom stereocenters. The summed E-state index contributed by atoms with van der Waals surface area (Å²) in [5.41, 5.74) is 1.05. The summed E-state index contributed by atoms with van der Waals surface area (Å²) < 4.78 is 0. The van der Waals surface area contributed by atoms with Crippen LogP contribution in [0.1, 0.15) is 13.3 Å². The van der Waals surface area contributed by atoms with Gasteiger partial charge >= 0.3 is 0 Å². The highest BCUT2D eigenvalue weighted by molar-refractivity contribution is 6.41. The zero-order valence-electron chi connectivity index (χ0n) is 9.42. The van der Waals surface area contributed by atoms with E-state index in [1.54, 1.807) is 6.21 Å². The van der Waals surface area contributed by atoms with Crippen molar-refractivity contribution in [3.63, 3.8) is 0 Å². The number of dihydropyridines is 1. The summed E-state index contributed by atoms with van der Waals surface area (Å²) in [6.45, 7) is 6.06. The van der Waals surface area contributed by atoms with Crippen LogP contribution < -0.4 is 5.32 Å². The lowest BCUT2D eigenvalue weighted by Crippen LogP contribution is -2.37. The number of alkyl halides is 1. The first-order chi connectivity index (χ1) is 7.70. The summed E-state index contributed by atoms with van der Waals surface area (Å²) in [6, 6.07) is 0.107. The lowest BCUT2D eigenvalue weighted by atomic mass is 10.1. The van der Waals surface area contributed by atoms with Gasteiger partial charge in [-0.1, -0.05) is 11.6 Å². The number of hydrogen-bond donors (Lipinski definition) is 1. The Morgan fingerprint density at radius 3 is 3.06 bits per heavy atom. The largest absolute Gasteiger partial charge is 0.371 e. The molecule has 2 aliphatic rings. The predicted octanol–water partition coefficient (Wildman–Crippen LogP) is 1.81. The summed E-state index contributed by atoms with van der Waals surface area (Å²) >= 11 is 12.6. The van der Waals surface area contributed by atoms with Crippen molar-refractivity contribution in [1.82, 2.24) is 10.2 Å². The zero-order chi connectivity index (χ0) is 11.5. The Labute approximate surface area is 106 Å². The molecule has 0 amide bonds. The maximum Gasteiger partial charge on any atom is 0.0969 e. The van der Waals surface area contributed by atoms with Crippen molar-refractivity contribution in [2.24, 2.45) is 4.99 Å². The van der Waals surface area contributed by atoms with Crippen LogP contribution in [0.2, 0.25) is 0 Å². The van der Waals surface area contributed by atoms with Crippen LogP contribution in [0.3, 0.4) is 0 Å². The number of aliphatic imine (C=N–C) groups is 1. The molecule has 0 aliphatic carbocycles. The Balaban J connectivity index is 2.19. The molecule has 0 aromatic carbocycles. The quantitative estimate of drug-likeness (QED) is 0.730. The number of rotatable bonds is 1. The summed E-state index contributed by atoms with van der Waals surface area (Å²) in [7, 11) is 0. The number of hydrogen-bond acceptors (Lipinski definition) is 3. The number of allylic oxidation sites excluding steroid dienone is 1. The molecule has 3 nitrogen and oxygen atoms in total. The molecule has 2 atom stereocenters. The normalized spacial score (nSPS) is 31.8. The number of nitrogens with one attached hydrogen (secondary N) is 1. The van der Waals surface area contributed by atoms with Gasteiger partial charge in [0.05, 0.1) is 22.1 Å². The summed E-state index contributed by atoms with van der Waals surface area (Å²) in [4.78, 5) is 6.56. The summed E-state index contributed by atoms with van der Waals surface area (Å²) in [5.74, 6) is 0. The van der Waals surface area contributed by atoms with E-state index in [1.165, 1.54) is 0 Å². The van der Waals surface area contributed by atoms with Gasteiger partial charge in [-0.2, -0.15) is 0 Å². The van der Waals surface area contributed by atoms with E-state index in [2.05, 4.69) is 15.2 Å². The van der Waals surface area contributed by atoms with Crippen molar-refractivity contribution >= 4 is 29.4 Å². The van der Waals surface area contributed by atoms with Gasteiger partial charge in [0, 0.05) is 25.8 Å². The average Bonchev–Trinajstić information content (AvgIpc) is 2.53. The zero-order valence-corrected chi connectivity index (χ0v) is 10.9. The highest BCUT2D eigenvalue weighted by atomic mass is 35.5. The molecular formula is C11H17Cl2N3. The number of halogens is 2. The van der Waals surface area contributed by atoms with E-state index in [0.717, 1.165) is 38.3 Å². The first-order valence-corrected chi connectivity index (χ1v) is 6.54. The Morgan fingerprint density at radius 2 is 2.25 bits per heavy atom. The Kier molecular flexibility index (Phi) is 4.11. The maximum atomic E-state index is 6.40. The van der Waals surface area contributed by atoms with E-state index in [1.807, 2.05) is 6.92 Å². The first kappa shape index (κ1) is 12.2. The maximum absolute atomic E-state index is 6.40. The van der Waals surface area contributed by atoms with Crippen molar-refractivity contribution in [1.29, 1.82) is 0 Å². The van der Waals surface area contributed by atoms with Crippen LogP contribution in [0, 0.1) is 0 Å². The molecule has 2 aliphatic heterocycles. The van der Waals surface area contributed by atoms with Gasteiger partial charge in [0.25, 0.3) is 0 Å². The third kappa shape index (κ3) is 2.53. The van der Waals surface area contributed by atoms with E-state index in [4.69, 9.17) is 23.2 Å². The molecule has 0 bridgehead atoms. The molecule has 1 N–H and O–H groups in total. The highest BCUT2D eigenvalue weighted by Gasteiger charge is 2.28. The van der Waals surface area contributed by atoms with Crippen LogP contribution in [0.15, 0.2) is 15.7 Å². The molecule has 0 aromatic heterocycles. The van der Waals surface area contributed by atoms with Gasteiger partial charge in [0.1, 0.15) is 0 Å². The first-order valence-electron chi connectivity index (χ1n) is 5.72. The van der Waals surface area contributed by atoms with Gasteiger partial charge in [-0.15, -0.1) is 11.6 Å². The second kappa shape index (κ2) is 5.39. The van der Waals surface area contributed by atoms with Crippen LogP contribution in [0.5, 0.6) is 0 Å². The van der Waals surface area contributed by atoms with E-state index in [0.29, 0.717) is 5.03 Å². The average molecular weight is 262 g/mol. The molecule has 0 saturated carbocycles. The Bertz CT molecular complexity index is 306. The van der Waals surface area contributed by atoms with E-state index in [-0.39, 0.29) is 11.4 Å². The van der Waals surface area contributed by atoms with Gasteiger partial charge in [0.2, 0.25) is 0 Å². The summed E-state index contributed by atoms with van der Waals surface area (Å²) in [5, 5.41) is 3.97. The van der Waals surface area contributed by atoms with Gasteiger partial charge < -0.3 is 10.2 Å². The van der Waals surface area contributed by atoms with E-state index in [9.17, 15) is 0 Å². The summed E-state index contributed by atoms with van der Waals surface area (Å²) in [6.07, 6.45) is 2.86. The number of nitrogens with zero attached hydrogens (tertiary/aromatic N) is 2. The van der Waals surface area contributed by atoms with Gasteiger partial charge in [-0.3, -0.25) is 4.99 Å². The molecule has 2 rings (SSSR count). The van der Waals surface area contributed by atoms with Gasteiger partial charge in [-0.05, 0) is 19.9 Å². The molecule has 1 fully saturated rings. The highest BCUT2D eigenvalue weighted by Crippen LogP contribution is 2.28. The lowest BCUT2D eigenvalue weighted by molar-refractivity contribution is 0.348. The minimum Gasteiger partial charge on any atom is -0.371 e. The van der Waals surface area contributed by atoms with Crippen LogP contribution in [-0.2, 0) is 0 Å². The minimum atomic E-state index is -0.101. The predicted molar refractivity (Wildman–Crippen MR) is 69.5 cm³/mol. The molecule has 0 aromatic rings. The molecule has 2 heterocycles. The fraction of sp³-hybridized carbons (Fsp3) is 0.727. The van der Waals surface area contributed by atoms with Crippen molar-refractivity contribution in [2.75, 3.05) is 26.2 Å². The molecule has 90 valence electrons. The van der Waals surface area contributed by atoms with Crippen molar-refractivity contribution < 1.29 is 0 Å². The Hall–Kier alpha value is -0.250. The van der Waals surface area contributed by atoms with Gasteiger partial charge in [-0.25, -0.2) is 0 Å². The van der Waals surface area contributed by atoms with Crippen LogP contribution in [0.25, 0.3) is 0 Å². The fourth-order valence-corrected chi connectivity index (χ4v) is 2.77. The van der Waals surface area contributed by atoms with Crippen LogP contribution >= 0.6 is 23.2 Å². The third-order valence-corrected chi connectivity index (χ3v) is 3.90. The molecule has 0 radical (unpaired) electrons. The standard InChI is InChI=1S/C11H17Cl2N3/c1-8-10(13)11(9(12)7-15-8)16-5-2-3-14-4-6-16/h7-8,10,14H,2-6H2,1H3. The second-order valence-electron chi connectivity index (χ2n) is 4.24. The molecular weight excluding hydrogens is 245 g/mol.